The Kier molecular flexibility index (Phi) is 5.92. The molecule has 0 aliphatic carbocycles. The fourth-order valence-electron chi connectivity index (χ4n) is 4.23. The zero-order chi connectivity index (χ0) is 23.0. The third kappa shape index (κ3) is 3.73. The third-order valence-electron chi connectivity index (χ3n) is 5.76. The van der Waals surface area contributed by atoms with Gasteiger partial charge in [-0.3, -0.25) is 9.48 Å². The number of nitrogens with two attached hydrogens (primary N) is 1. The van der Waals surface area contributed by atoms with Crippen LogP contribution in [0.3, 0.4) is 0 Å². The van der Waals surface area contributed by atoms with E-state index in [0.29, 0.717) is 48.6 Å². The van der Waals surface area contributed by atoms with E-state index in [-0.39, 0.29) is 21.7 Å². The summed E-state index contributed by atoms with van der Waals surface area (Å²) in [5.74, 6) is -0.0741. The molecule has 4 rings (SSSR count). The maximum Gasteiger partial charge on any atom is 0.258 e. The van der Waals surface area contributed by atoms with Crippen LogP contribution in [0.5, 0.6) is 0 Å². The molecule has 2 N–H and O–H groups in total. The summed E-state index contributed by atoms with van der Waals surface area (Å²) >= 11 is 0. The molecule has 1 aliphatic heterocycles. The Labute approximate surface area is 188 Å². The molecule has 0 bridgehead atoms. The van der Waals surface area contributed by atoms with Crippen LogP contribution in [-0.2, 0) is 35.8 Å². The first-order valence-corrected chi connectivity index (χ1v) is 12.3. The van der Waals surface area contributed by atoms with Crippen molar-refractivity contribution in [2.24, 2.45) is 5.73 Å². The van der Waals surface area contributed by atoms with Crippen LogP contribution in [0.25, 0.3) is 0 Å². The first kappa shape index (κ1) is 22.2. The van der Waals surface area contributed by atoms with E-state index in [9.17, 15) is 13.2 Å². The highest BCUT2D eigenvalue weighted by Crippen LogP contribution is 2.32. The molecule has 0 saturated heterocycles. The maximum absolute atomic E-state index is 13.6. The van der Waals surface area contributed by atoms with E-state index in [1.807, 2.05) is 45.0 Å². The van der Waals surface area contributed by atoms with Gasteiger partial charge in [-0.1, -0.05) is 32.0 Å². The minimum Gasteiger partial charge on any atom is -0.326 e. The van der Waals surface area contributed by atoms with Crippen molar-refractivity contribution in [1.82, 2.24) is 9.78 Å². The average Bonchev–Trinajstić information content (AvgIpc) is 3.31. The predicted octanol–water partition coefficient (Wildman–Crippen LogP) is 3.35. The lowest BCUT2D eigenvalue weighted by Crippen LogP contribution is -2.24. The minimum atomic E-state index is -3.77. The molecule has 1 amide bonds. The second-order valence-electron chi connectivity index (χ2n) is 8.13. The van der Waals surface area contributed by atoms with Gasteiger partial charge in [0.25, 0.3) is 5.91 Å². The fourth-order valence-corrected chi connectivity index (χ4v) is 6.01. The molecular formula is C24H28N4O3S. The van der Waals surface area contributed by atoms with Crippen molar-refractivity contribution in [3.8, 4) is 0 Å². The van der Waals surface area contributed by atoms with Gasteiger partial charge in [-0.05, 0) is 55.7 Å². The van der Waals surface area contributed by atoms with Gasteiger partial charge in [-0.25, -0.2) is 8.42 Å². The van der Waals surface area contributed by atoms with Crippen molar-refractivity contribution in [3.63, 3.8) is 0 Å². The van der Waals surface area contributed by atoms with Crippen LogP contribution in [0, 0.1) is 0 Å². The van der Waals surface area contributed by atoms with Crippen molar-refractivity contribution >= 4 is 21.4 Å². The summed E-state index contributed by atoms with van der Waals surface area (Å²) in [5.41, 5.74) is 9.50. The Morgan fingerprint density at radius 2 is 1.75 bits per heavy atom. The number of sulfone groups is 1. The molecule has 1 atom stereocenters. The number of anilines is 1. The number of carbonyl (C=O) groups is 1. The maximum atomic E-state index is 13.6. The molecule has 7 nitrogen and oxygen atoms in total. The SMILES string of the molecule is CCc1nn(CC(C)N)c(CC)c1S(=O)(=O)c1ccc(N2Cc3ccccc3C2=O)cc1. The summed E-state index contributed by atoms with van der Waals surface area (Å²) in [4.78, 5) is 14.9. The Hall–Kier alpha value is -2.97. The molecule has 1 unspecified atom stereocenters. The van der Waals surface area contributed by atoms with E-state index in [2.05, 4.69) is 5.10 Å². The molecule has 1 aliphatic rings. The van der Waals surface area contributed by atoms with Gasteiger partial charge in [-0.15, -0.1) is 0 Å². The predicted molar refractivity (Wildman–Crippen MR) is 123 cm³/mol. The van der Waals surface area contributed by atoms with Crippen molar-refractivity contribution in [1.29, 1.82) is 0 Å². The molecule has 2 aromatic carbocycles. The normalized spacial score (nSPS) is 14.6. The van der Waals surface area contributed by atoms with Gasteiger partial charge in [0, 0.05) is 17.3 Å². The van der Waals surface area contributed by atoms with E-state index >= 15 is 0 Å². The van der Waals surface area contributed by atoms with Crippen LogP contribution in [0.15, 0.2) is 58.3 Å². The quantitative estimate of drug-likeness (QED) is 0.593. The van der Waals surface area contributed by atoms with Crippen LogP contribution < -0.4 is 10.6 Å². The summed E-state index contributed by atoms with van der Waals surface area (Å²) in [6, 6.07) is 13.9. The molecule has 1 aromatic heterocycles. The van der Waals surface area contributed by atoms with E-state index < -0.39 is 9.84 Å². The molecule has 3 aromatic rings. The van der Waals surface area contributed by atoms with Crippen LogP contribution in [0.4, 0.5) is 5.69 Å². The number of amides is 1. The highest BCUT2D eigenvalue weighted by Gasteiger charge is 2.31. The van der Waals surface area contributed by atoms with Gasteiger partial charge in [0.05, 0.1) is 29.4 Å². The summed E-state index contributed by atoms with van der Waals surface area (Å²) in [5, 5.41) is 4.55. The minimum absolute atomic E-state index is 0.0741. The number of fused-ring (bicyclic) bond motifs is 1. The van der Waals surface area contributed by atoms with Crippen molar-refractivity contribution in [2.45, 2.75) is 62.5 Å². The van der Waals surface area contributed by atoms with E-state index in [0.717, 1.165) is 5.56 Å². The molecule has 0 spiro atoms. The molecule has 0 fully saturated rings. The van der Waals surface area contributed by atoms with Crippen LogP contribution in [-0.4, -0.2) is 30.1 Å². The molecule has 168 valence electrons. The number of nitrogens with zero attached hydrogens (tertiary/aromatic N) is 3. The number of aryl methyl sites for hydroxylation is 1. The molecular weight excluding hydrogens is 424 g/mol. The average molecular weight is 453 g/mol. The van der Waals surface area contributed by atoms with E-state index in [1.54, 1.807) is 33.8 Å². The zero-order valence-electron chi connectivity index (χ0n) is 18.6. The number of hydrogen-bond donors (Lipinski definition) is 1. The summed E-state index contributed by atoms with van der Waals surface area (Å²) in [6.07, 6.45) is 1.04. The first-order valence-electron chi connectivity index (χ1n) is 10.9. The number of benzene rings is 2. The Morgan fingerprint density at radius 1 is 1.06 bits per heavy atom. The lowest BCUT2D eigenvalue weighted by molar-refractivity contribution is 0.0996. The third-order valence-corrected chi connectivity index (χ3v) is 7.66. The van der Waals surface area contributed by atoms with Crippen molar-refractivity contribution < 1.29 is 13.2 Å². The number of carbonyl (C=O) groups excluding carboxylic acids is 1. The molecule has 8 heteroatoms. The van der Waals surface area contributed by atoms with Crippen LogP contribution in [0.2, 0.25) is 0 Å². The second kappa shape index (κ2) is 8.52. The standard InChI is InChI=1S/C24H28N4O3S/c1-4-21-23(22(5-2)28(26-21)14-16(3)25)32(30,31)19-12-10-18(11-13-19)27-15-17-8-6-7-9-20(17)24(27)29/h6-13,16H,4-5,14-15,25H2,1-3H3. The van der Waals surface area contributed by atoms with Crippen molar-refractivity contribution in [2.75, 3.05) is 4.90 Å². The second-order valence-corrected chi connectivity index (χ2v) is 10.0. The van der Waals surface area contributed by atoms with Gasteiger partial charge in [0.2, 0.25) is 9.84 Å². The Balaban J connectivity index is 1.69. The van der Waals surface area contributed by atoms with E-state index in [1.165, 1.54) is 0 Å². The summed E-state index contributed by atoms with van der Waals surface area (Å²) < 4.78 is 28.9. The largest absolute Gasteiger partial charge is 0.326 e. The van der Waals surface area contributed by atoms with Gasteiger partial charge in [0.15, 0.2) is 0 Å². The molecule has 0 radical (unpaired) electrons. The monoisotopic (exact) mass is 452 g/mol. The Morgan fingerprint density at radius 3 is 2.34 bits per heavy atom. The first-order chi connectivity index (χ1) is 15.3. The smallest absolute Gasteiger partial charge is 0.258 e. The van der Waals surface area contributed by atoms with E-state index in [4.69, 9.17) is 5.73 Å². The van der Waals surface area contributed by atoms with Crippen LogP contribution in [0.1, 0.15) is 48.1 Å². The van der Waals surface area contributed by atoms with Gasteiger partial charge < -0.3 is 10.6 Å². The van der Waals surface area contributed by atoms with Gasteiger partial charge in [0.1, 0.15) is 4.90 Å². The van der Waals surface area contributed by atoms with Crippen molar-refractivity contribution in [3.05, 3.63) is 71.0 Å². The highest BCUT2D eigenvalue weighted by molar-refractivity contribution is 7.91. The Bertz CT molecular complexity index is 1260. The lowest BCUT2D eigenvalue weighted by atomic mass is 10.1. The summed E-state index contributed by atoms with van der Waals surface area (Å²) in [7, 11) is -3.77. The summed E-state index contributed by atoms with van der Waals surface area (Å²) in [6.45, 7) is 6.63. The number of hydrogen-bond acceptors (Lipinski definition) is 5. The molecule has 0 saturated carbocycles. The topological polar surface area (TPSA) is 98.3 Å². The number of aromatic nitrogens is 2. The van der Waals surface area contributed by atoms with Gasteiger partial charge >= 0.3 is 0 Å². The zero-order valence-corrected chi connectivity index (χ0v) is 19.4. The number of rotatable bonds is 7. The van der Waals surface area contributed by atoms with Gasteiger partial charge in [-0.2, -0.15) is 5.10 Å². The van der Waals surface area contributed by atoms with Crippen LogP contribution >= 0.6 is 0 Å². The highest BCUT2D eigenvalue weighted by atomic mass is 32.2. The fraction of sp³-hybridized carbons (Fsp3) is 0.333. The lowest BCUT2D eigenvalue weighted by Gasteiger charge is -2.16. The molecule has 2 heterocycles. The molecule has 32 heavy (non-hydrogen) atoms.